The second kappa shape index (κ2) is 10.8. The molecule has 0 bridgehead atoms. The summed E-state index contributed by atoms with van der Waals surface area (Å²) in [6.45, 7) is 0. The second-order valence-corrected chi connectivity index (χ2v) is 9.59. The molecular weight excluding hydrogens is 506 g/mol. The van der Waals surface area contributed by atoms with E-state index in [-0.39, 0.29) is 17.4 Å². The molecule has 0 unspecified atom stereocenters. The van der Waals surface area contributed by atoms with Crippen LogP contribution in [0.5, 0.6) is 17.2 Å². The van der Waals surface area contributed by atoms with Crippen LogP contribution in [-0.2, 0) is 18.3 Å². The Balaban J connectivity index is 1.30. The lowest BCUT2D eigenvalue weighted by Crippen LogP contribution is -2.35. The van der Waals surface area contributed by atoms with Crippen molar-refractivity contribution in [1.29, 1.82) is 0 Å². The number of rotatable bonds is 7. The lowest BCUT2D eigenvalue weighted by atomic mass is 10.1. The van der Waals surface area contributed by atoms with Crippen molar-refractivity contribution in [1.82, 2.24) is 19.9 Å². The van der Waals surface area contributed by atoms with Gasteiger partial charge in [-0.2, -0.15) is 0 Å². The molecule has 1 amide bonds. The largest absolute Gasteiger partial charge is 0.494 e. The molecule has 0 aliphatic rings. The van der Waals surface area contributed by atoms with Gasteiger partial charge >= 0.3 is 0 Å². The minimum absolute atomic E-state index is 0.184. The number of pyridine rings is 1. The number of anilines is 1. The number of thiocarbonyl (C=S) groups is 1. The Labute approximate surface area is 222 Å². The summed E-state index contributed by atoms with van der Waals surface area (Å²) in [6, 6.07) is 18.7. The molecule has 0 aliphatic carbocycles. The SMILES string of the molecule is COc1cc(Oc2ccnc3cc(-c4nccn4C)sc23)ccc1NC(=S)NC(=O)Cc1ccccc1. The van der Waals surface area contributed by atoms with Gasteiger partial charge in [0, 0.05) is 37.8 Å². The average molecular weight is 530 g/mol. The Morgan fingerprint density at radius 3 is 2.65 bits per heavy atom. The van der Waals surface area contributed by atoms with Crippen LogP contribution in [0.1, 0.15) is 5.56 Å². The first kappa shape index (κ1) is 24.4. The van der Waals surface area contributed by atoms with Crippen LogP contribution >= 0.6 is 23.6 Å². The van der Waals surface area contributed by atoms with E-state index < -0.39 is 0 Å². The summed E-state index contributed by atoms with van der Waals surface area (Å²) in [5, 5.41) is 5.91. The maximum absolute atomic E-state index is 12.3. The van der Waals surface area contributed by atoms with Crippen LogP contribution in [0.4, 0.5) is 5.69 Å². The molecule has 2 N–H and O–H groups in total. The lowest BCUT2D eigenvalue weighted by molar-refractivity contribution is -0.119. The van der Waals surface area contributed by atoms with Gasteiger partial charge in [-0.05, 0) is 36.0 Å². The van der Waals surface area contributed by atoms with Crippen molar-refractivity contribution in [2.45, 2.75) is 6.42 Å². The van der Waals surface area contributed by atoms with Gasteiger partial charge in [0.05, 0.1) is 34.3 Å². The number of aryl methyl sites for hydroxylation is 1. The van der Waals surface area contributed by atoms with Gasteiger partial charge in [-0.15, -0.1) is 11.3 Å². The van der Waals surface area contributed by atoms with Crippen LogP contribution in [0, 0.1) is 0 Å². The van der Waals surface area contributed by atoms with E-state index in [0.717, 1.165) is 26.5 Å². The van der Waals surface area contributed by atoms with Crippen LogP contribution in [-0.4, -0.2) is 32.7 Å². The van der Waals surface area contributed by atoms with Crippen molar-refractivity contribution >= 4 is 50.5 Å². The average Bonchev–Trinajstić information content (AvgIpc) is 3.51. The monoisotopic (exact) mass is 529 g/mol. The highest BCUT2D eigenvalue weighted by atomic mass is 32.1. The molecule has 3 aromatic heterocycles. The van der Waals surface area contributed by atoms with E-state index in [2.05, 4.69) is 20.6 Å². The topological polar surface area (TPSA) is 90.3 Å². The third kappa shape index (κ3) is 5.60. The Morgan fingerprint density at radius 1 is 1.05 bits per heavy atom. The number of carbonyl (C=O) groups is 1. The third-order valence-corrected chi connectivity index (χ3v) is 6.87. The summed E-state index contributed by atoms with van der Waals surface area (Å²) in [4.78, 5) is 22.3. The van der Waals surface area contributed by atoms with Crippen LogP contribution in [0.25, 0.3) is 20.9 Å². The first-order valence-electron chi connectivity index (χ1n) is 11.4. The number of ether oxygens (including phenoxy) is 2. The zero-order chi connectivity index (χ0) is 25.8. The Bertz CT molecular complexity index is 1580. The highest BCUT2D eigenvalue weighted by Gasteiger charge is 2.15. The number of imidazole rings is 1. The Hall–Kier alpha value is -4.28. The minimum atomic E-state index is -0.204. The molecule has 0 fully saturated rings. The number of nitrogens with one attached hydrogen (secondary N) is 2. The van der Waals surface area contributed by atoms with Crippen LogP contribution < -0.4 is 20.1 Å². The zero-order valence-corrected chi connectivity index (χ0v) is 21.7. The summed E-state index contributed by atoms with van der Waals surface area (Å²) in [6.07, 6.45) is 5.63. The molecule has 0 aliphatic heterocycles. The summed E-state index contributed by atoms with van der Waals surface area (Å²) in [7, 11) is 3.52. The Morgan fingerprint density at radius 2 is 1.89 bits per heavy atom. The second-order valence-electron chi connectivity index (χ2n) is 8.12. The van der Waals surface area contributed by atoms with Gasteiger partial charge in [0.1, 0.15) is 23.1 Å². The van der Waals surface area contributed by atoms with Gasteiger partial charge in [-0.25, -0.2) is 4.98 Å². The number of aromatic nitrogens is 3. The van der Waals surface area contributed by atoms with E-state index in [0.29, 0.717) is 22.9 Å². The van der Waals surface area contributed by atoms with E-state index in [9.17, 15) is 4.79 Å². The van der Waals surface area contributed by atoms with Crippen molar-refractivity contribution in [2.75, 3.05) is 12.4 Å². The third-order valence-electron chi connectivity index (χ3n) is 5.53. The van der Waals surface area contributed by atoms with Gasteiger partial charge in [0.2, 0.25) is 5.91 Å². The standard InChI is InChI=1S/C27H23N5O3S2/c1-32-13-12-29-26(32)23-16-20-25(37-23)21(10-11-28-20)35-18-8-9-19(22(15-18)34-2)30-27(36)31-24(33)14-17-6-4-3-5-7-17/h3-13,15-16H,14H2,1-2H3,(H2,30,31,33,36). The van der Waals surface area contributed by atoms with Crippen LogP contribution in [0.3, 0.4) is 0 Å². The molecule has 8 nitrogen and oxygen atoms in total. The quantitative estimate of drug-likeness (QED) is 0.267. The number of carbonyl (C=O) groups excluding carboxylic acids is 1. The fourth-order valence-corrected chi connectivity index (χ4v) is 5.11. The summed E-state index contributed by atoms with van der Waals surface area (Å²) >= 11 is 6.90. The van der Waals surface area contributed by atoms with Crippen molar-refractivity contribution in [2.24, 2.45) is 7.05 Å². The van der Waals surface area contributed by atoms with Gasteiger partial charge in [0.25, 0.3) is 0 Å². The predicted octanol–water partition coefficient (Wildman–Crippen LogP) is 5.55. The van der Waals surface area contributed by atoms with E-state index >= 15 is 0 Å². The first-order valence-corrected chi connectivity index (χ1v) is 12.6. The number of thiophene rings is 1. The number of amides is 1. The fraction of sp³-hybridized carbons (Fsp3) is 0.111. The molecule has 0 radical (unpaired) electrons. The molecule has 0 saturated heterocycles. The molecule has 2 aromatic carbocycles. The van der Waals surface area contributed by atoms with Crippen molar-refractivity contribution in [3.63, 3.8) is 0 Å². The lowest BCUT2D eigenvalue weighted by Gasteiger charge is -2.14. The number of hydrogen-bond acceptors (Lipinski definition) is 7. The van der Waals surface area contributed by atoms with Crippen molar-refractivity contribution < 1.29 is 14.3 Å². The zero-order valence-electron chi connectivity index (χ0n) is 20.1. The van der Waals surface area contributed by atoms with E-state index in [1.165, 1.54) is 0 Å². The maximum Gasteiger partial charge on any atom is 0.230 e. The highest BCUT2D eigenvalue weighted by Crippen LogP contribution is 2.39. The number of benzene rings is 2. The van der Waals surface area contributed by atoms with E-state index in [4.69, 9.17) is 21.7 Å². The summed E-state index contributed by atoms with van der Waals surface area (Å²) in [5.41, 5.74) is 2.35. The predicted molar refractivity (Wildman–Crippen MR) is 149 cm³/mol. The van der Waals surface area contributed by atoms with E-state index in [1.54, 1.807) is 49.0 Å². The minimum Gasteiger partial charge on any atom is -0.494 e. The van der Waals surface area contributed by atoms with Gasteiger partial charge in [-0.1, -0.05) is 30.3 Å². The fourth-order valence-electron chi connectivity index (χ4n) is 3.78. The number of methoxy groups -OCH3 is 1. The molecule has 37 heavy (non-hydrogen) atoms. The molecule has 186 valence electrons. The van der Waals surface area contributed by atoms with Crippen molar-refractivity contribution in [3.8, 4) is 28.0 Å². The Kier molecular flexibility index (Phi) is 7.11. The number of fused-ring (bicyclic) bond motifs is 1. The van der Waals surface area contributed by atoms with E-state index in [1.807, 2.05) is 60.3 Å². The van der Waals surface area contributed by atoms with Crippen molar-refractivity contribution in [3.05, 3.63) is 84.8 Å². The first-order chi connectivity index (χ1) is 18.0. The van der Waals surface area contributed by atoms with Gasteiger partial charge < -0.3 is 24.7 Å². The summed E-state index contributed by atoms with van der Waals surface area (Å²) < 4.78 is 14.7. The molecular formula is C27H23N5O3S2. The molecule has 0 spiro atoms. The van der Waals surface area contributed by atoms with Crippen LogP contribution in [0.15, 0.2) is 79.3 Å². The molecule has 10 heteroatoms. The summed E-state index contributed by atoms with van der Waals surface area (Å²) in [5.74, 6) is 2.45. The molecule has 0 saturated carbocycles. The molecule has 3 heterocycles. The molecule has 0 atom stereocenters. The molecule has 5 aromatic rings. The smallest absolute Gasteiger partial charge is 0.230 e. The van der Waals surface area contributed by atoms with Crippen LogP contribution in [0.2, 0.25) is 0 Å². The normalized spacial score (nSPS) is 10.8. The highest BCUT2D eigenvalue weighted by molar-refractivity contribution is 7.80. The van der Waals surface area contributed by atoms with Gasteiger partial charge in [0.15, 0.2) is 5.11 Å². The molecule has 5 rings (SSSR count). The number of nitrogens with zero attached hydrogens (tertiary/aromatic N) is 3. The number of hydrogen-bond donors (Lipinski definition) is 2. The van der Waals surface area contributed by atoms with Gasteiger partial charge in [-0.3, -0.25) is 9.78 Å². The maximum atomic E-state index is 12.3.